The molecule has 36 heavy (non-hydrogen) atoms. The number of benzene rings is 4. The molecule has 0 spiro atoms. The zero-order chi connectivity index (χ0) is 25.0. The summed E-state index contributed by atoms with van der Waals surface area (Å²) >= 11 is 6.09. The number of nitrogens with zero attached hydrogens (tertiary/aromatic N) is 1. The number of hydrogen-bond donors (Lipinski definition) is 1. The molecule has 1 unspecified atom stereocenters. The molecule has 3 nitrogen and oxygen atoms in total. The third kappa shape index (κ3) is 5.43. The van der Waals surface area contributed by atoms with E-state index in [4.69, 9.17) is 16.3 Å². The lowest BCUT2D eigenvalue weighted by Gasteiger charge is -2.31. The smallest absolute Gasteiger partial charge is 0.119 e. The standard InChI is InChI=1S/C32H32ClNO2/c1-24-8-12-27(13-9-24)32(35,23-25-10-16-29(33)17-11-25)28-14-18-30(19-15-28)36-22-21-34-20-4-6-26-5-2-3-7-31(26)34/h2-3,5,7-19,35H,4,6,20-23H2,1H3. The van der Waals surface area contributed by atoms with Crippen molar-refractivity contribution in [3.05, 3.63) is 130 Å². The van der Waals surface area contributed by atoms with Gasteiger partial charge in [-0.3, -0.25) is 0 Å². The molecule has 0 aliphatic carbocycles. The Morgan fingerprint density at radius 3 is 2.25 bits per heavy atom. The second kappa shape index (κ2) is 10.8. The number of fused-ring (bicyclic) bond motifs is 1. The van der Waals surface area contributed by atoms with Crippen LogP contribution >= 0.6 is 11.6 Å². The monoisotopic (exact) mass is 497 g/mol. The molecule has 0 aromatic heterocycles. The number of rotatable bonds is 8. The minimum absolute atomic E-state index is 0.446. The number of halogens is 1. The van der Waals surface area contributed by atoms with Crippen LogP contribution in [0.15, 0.2) is 97.1 Å². The van der Waals surface area contributed by atoms with Gasteiger partial charge in [-0.25, -0.2) is 0 Å². The van der Waals surface area contributed by atoms with Crippen molar-refractivity contribution in [3.63, 3.8) is 0 Å². The highest BCUT2D eigenvalue weighted by Gasteiger charge is 2.32. The van der Waals surface area contributed by atoms with Crippen molar-refractivity contribution in [2.75, 3.05) is 24.6 Å². The van der Waals surface area contributed by atoms with Crippen molar-refractivity contribution >= 4 is 17.3 Å². The van der Waals surface area contributed by atoms with E-state index in [9.17, 15) is 5.11 Å². The molecule has 4 heteroatoms. The number of para-hydroxylation sites is 1. The summed E-state index contributed by atoms with van der Waals surface area (Å²) in [7, 11) is 0. The zero-order valence-electron chi connectivity index (χ0n) is 20.7. The minimum atomic E-state index is -1.17. The highest BCUT2D eigenvalue weighted by molar-refractivity contribution is 6.30. The number of aliphatic hydroxyl groups is 1. The van der Waals surface area contributed by atoms with E-state index in [-0.39, 0.29) is 0 Å². The first-order valence-electron chi connectivity index (χ1n) is 12.6. The summed E-state index contributed by atoms with van der Waals surface area (Å²) in [5.74, 6) is 0.807. The lowest BCUT2D eigenvalue weighted by Crippen LogP contribution is -2.33. The first-order valence-corrected chi connectivity index (χ1v) is 13.0. The molecule has 0 bridgehead atoms. The van der Waals surface area contributed by atoms with Crippen LogP contribution in [0.2, 0.25) is 5.02 Å². The van der Waals surface area contributed by atoms with E-state index < -0.39 is 5.60 Å². The summed E-state index contributed by atoms with van der Waals surface area (Å²) in [4.78, 5) is 2.41. The molecule has 4 aromatic rings. The van der Waals surface area contributed by atoms with E-state index in [1.54, 1.807) is 0 Å². The van der Waals surface area contributed by atoms with Gasteiger partial charge in [0.1, 0.15) is 18.0 Å². The molecule has 4 aromatic carbocycles. The maximum absolute atomic E-state index is 12.0. The number of aryl methyl sites for hydroxylation is 2. The van der Waals surface area contributed by atoms with Crippen molar-refractivity contribution in [2.45, 2.75) is 31.8 Å². The fourth-order valence-corrected chi connectivity index (χ4v) is 5.17. The van der Waals surface area contributed by atoms with E-state index in [2.05, 4.69) is 36.1 Å². The van der Waals surface area contributed by atoms with E-state index >= 15 is 0 Å². The first-order chi connectivity index (χ1) is 17.5. The molecular formula is C32H32ClNO2. The molecular weight excluding hydrogens is 466 g/mol. The van der Waals surface area contributed by atoms with Gasteiger partial charge in [0.05, 0.1) is 6.54 Å². The number of ether oxygens (including phenoxy) is 1. The van der Waals surface area contributed by atoms with Gasteiger partial charge < -0.3 is 14.7 Å². The number of hydrogen-bond acceptors (Lipinski definition) is 3. The van der Waals surface area contributed by atoms with E-state index in [0.717, 1.165) is 47.5 Å². The SMILES string of the molecule is Cc1ccc(C(O)(Cc2ccc(Cl)cc2)c2ccc(OCCN3CCCc4ccccc43)cc2)cc1. The summed E-state index contributed by atoms with van der Waals surface area (Å²) in [6.45, 7) is 4.58. The molecule has 0 fully saturated rings. The molecule has 5 rings (SSSR count). The third-order valence-electron chi connectivity index (χ3n) is 7.07. The predicted molar refractivity (Wildman–Crippen MR) is 148 cm³/mol. The van der Waals surface area contributed by atoms with Gasteiger partial charge in [0.25, 0.3) is 0 Å². The minimum Gasteiger partial charge on any atom is -0.492 e. The lowest BCUT2D eigenvalue weighted by molar-refractivity contribution is 0.0810. The van der Waals surface area contributed by atoms with Crippen LogP contribution in [0.25, 0.3) is 0 Å². The van der Waals surface area contributed by atoms with Crippen LogP contribution in [-0.2, 0) is 18.4 Å². The Morgan fingerprint density at radius 2 is 1.53 bits per heavy atom. The largest absolute Gasteiger partial charge is 0.492 e. The first kappa shape index (κ1) is 24.4. The molecule has 0 saturated carbocycles. The van der Waals surface area contributed by atoms with Gasteiger partial charge in [-0.15, -0.1) is 0 Å². The maximum atomic E-state index is 12.0. The molecule has 1 atom stereocenters. The third-order valence-corrected chi connectivity index (χ3v) is 7.32. The second-order valence-corrected chi connectivity index (χ2v) is 10.1. The van der Waals surface area contributed by atoms with Crippen molar-refractivity contribution in [1.82, 2.24) is 0 Å². The Kier molecular flexibility index (Phi) is 7.31. The molecule has 1 N–H and O–H groups in total. The van der Waals surface area contributed by atoms with Gasteiger partial charge in [0, 0.05) is 23.7 Å². The predicted octanol–water partition coefficient (Wildman–Crippen LogP) is 6.96. The Balaban J connectivity index is 1.31. The van der Waals surface area contributed by atoms with E-state index in [1.165, 1.54) is 17.7 Å². The van der Waals surface area contributed by atoms with Crippen molar-refractivity contribution in [3.8, 4) is 5.75 Å². The fraction of sp³-hybridized carbons (Fsp3) is 0.250. The highest BCUT2D eigenvalue weighted by atomic mass is 35.5. The maximum Gasteiger partial charge on any atom is 0.119 e. The summed E-state index contributed by atoms with van der Waals surface area (Å²) in [5.41, 5.74) is 5.45. The molecule has 1 aliphatic heterocycles. The molecule has 1 heterocycles. The second-order valence-electron chi connectivity index (χ2n) is 9.62. The quantitative estimate of drug-likeness (QED) is 0.285. The van der Waals surface area contributed by atoms with Gasteiger partial charge in [0.15, 0.2) is 0 Å². The van der Waals surface area contributed by atoms with Crippen LogP contribution in [0.5, 0.6) is 5.75 Å². The van der Waals surface area contributed by atoms with Gasteiger partial charge in [0.2, 0.25) is 0 Å². The Morgan fingerprint density at radius 1 is 0.861 bits per heavy atom. The lowest BCUT2D eigenvalue weighted by atomic mass is 9.81. The molecule has 0 radical (unpaired) electrons. The van der Waals surface area contributed by atoms with Crippen LogP contribution in [0, 0.1) is 6.92 Å². The van der Waals surface area contributed by atoms with Crippen molar-refractivity contribution < 1.29 is 9.84 Å². The van der Waals surface area contributed by atoms with Gasteiger partial charge >= 0.3 is 0 Å². The van der Waals surface area contributed by atoms with Gasteiger partial charge in [-0.1, -0.05) is 83.9 Å². The fourth-order valence-electron chi connectivity index (χ4n) is 5.04. The van der Waals surface area contributed by atoms with Crippen molar-refractivity contribution in [2.24, 2.45) is 0 Å². The highest BCUT2D eigenvalue weighted by Crippen LogP contribution is 2.35. The number of anilines is 1. The molecule has 0 amide bonds. The average Bonchev–Trinajstić information content (AvgIpc) is 2.91. The van der Waals surface area contributed by atoms with E-state index in [0.29, 0.717) is 18.1 Å². The van der Waals surface area contributed by atoms with Gasteiger partial charge in [-0.2, -0.15) is 0 Å². The normalized spacial score (nSPS) is 14.7. The van der Waals surface area contributed by atoms with Crippen LogP contribution in [0.1, 0.15) is 34.2 Å². The Bertz CT molecular complexity index is 1290. The summed E-state index contributed by atoms with van der Waals surface area (Å²) in [5, 5.41) is 12.7. The molecule has 1 aliphatic rings. The summed E-state index contributed by atoms with van der Waals surface area (Å²) in [6.07, 6.45) is 2.77. The molecule has 184 valence electrons. The zero-order valence-corrected chi connectivity index (χ0v) is 21.4. The van der Waals surface area contributed by atoms with Crippen LogP contribution in [0.3, 0.4) is 0 Å². The molecule has 0 saturated heterocycles. The topological polar surface area (TPSA) is 32.7 Å². The van der Waals surface area contributed by atoms with Crippen LogP contribution < -0.4 is 9.64 Å². The van der Waals surface area contributed by atoms with Crippen LogP contribution in [-0.4, -0.2) is 24.8 Å². The Hall–Kier alpha value is -3.27. The van der Waals surface area contributed by atoms with Crippen molar-refractivity contribution in [1.29, 1.82) is 0 Å². The average molecular weight is 498 g/mol. The van der Waals surface area contributed by atoms with Gasteiger partial charge in [-0.05, 0) is 72.4 Å². The Labute approximate surface area is 218 Å². The summed E-state index contributed by atoms with van der Waals surface area (Å²) < 4.78 is 6.11. The summed E-state index contributed by atoms with van der Waals surface area (Å²) in [6, 6.07) is 32.3. The van der Waals surface area contributed by atoms with Crippen LogP contribution in [0.4, 0.5) is 5.69 Å². The van der Waals surface area contributed by atoms with E-state index in [1.807, 2.05) is 72.8 Å².